The summed E-state index contributed by atoms with van der Waals surface area (Å²) in [6.45, 7) is 5.49. The summed E-state index contributed by atoms with van der Waals surface area (Å²) in [7, 11) is 3.25. The van der Waals surface area contributed by atoms with Gasteiger partial charge in [-0.15, -0.1) is 0 Å². The summed E-state index contributed by atoms with van der Waals surface area (Å²) >= 11 is 6.25. The van der Waals surface area contributed by atoms with E-state index in [0.29, 0.717) is 72.3 Å². The number of aromatic nitrogens is 2. The molecule has 0 bridgehead atoms. The molecule has 2 fully saturated rings. The number of methoxy groups -OCH3 is 2. The molecular weight excluding hydrogens is 630 g/mol. The van der Waals surface area contributed by atoms with E-state index in [1.807, 2.05) is 35.3 Å². The zero-order chi connectivity index (χ0) is 33.0. The maximum atomic E-state index is 10.5. The molecule has 1 atom stereocenters. The topological polar surface area (TPSA) is 109 Å². The molecule has 0 spiro atoms. The summed E-state index contributed by atoms with van der Waals surface area (Å²) < 4.78 is 22.4. The van der Waals surface area contributed by atoms with Crippen LogP contribution in [-0.4, -0.2) is 82.5 Å². The van der Waals surface area contributed by atoms with Gasteiger partial charge < -0.3 is 28.7 Å². The number of hydrazone groups is 1. The third-order valence-electron chi connectivity index (χ3n) is 8.90. The van der Waals surface area contributed by atoms with Crippen molar-refractivity contribution in [2.24, 2.45) is 5.10 Å². The van der Waals surface area contributed by atoms with Crippen LogP contribution in [0, 0.1) is 11.3 Å². The molecule has 0 N–H and O–H groups in total. The summed E-state index contributed by atoms with van der Waals surface area (Å²) in [6, 6.07) is 23.9. The Morgan fingerprint density at radius 3 is 2.08 bits per heavy atom. The fourth-order valence-corrected chi connectivity index (χ4v) is 6.46. The number of hydrogen-bond acceptors (Lipinski definition) is 11. The van der Waals surface area contributed by atoms with E-state index in [0.717, 1.165) is 54.4 Å². The van der Waals surface area contributed by atoms with Crippen LogP contribution in [-0.2, 0) is 9.47 Å². The van der Waals surface area contributed by atoms with Crippen molar-refractivity contribution in [3.05, 3.63) is 88.4 Å². The van der Waals surface area contributed by atoms with Crippen LogP contribution < -0.4 is 24.3 Å². The molecule has 3 aliphatic heterocycles. The zero-order valence-corrected chi connectivity index (χ0v) is 27.7. The van der Waals surface area contributed by atoms with Crippen LogP contribution in [0.4, 0.5) is 17.5 Å². The summed E-state index contributed by atoms with van der Waals surface area (Å²) in [5, 5.41) is 18.1. The minimum atomic E-state index is -0.262. The highest BCUT2D eigenvalue weighted by molar-refractivity contribution is 6.30. The number of hydrogen-bond donors (Lipinski definition) is 0. The molecule has 12 heteroatoms. The molecule has 7 rings (SSSR count). The second-order valence-corrected chi connectivity index (χ2v) is 12.1. The van der Waals surface area contributed by atoms with Gasteiger partial charge in [0.15, 0.2) is 17.3 Å². The Morgan fingerprint density at radius 1 is 0.792 bits per heavy atom. The zero-order valence-electron chi connectivity index (χ0n) is 26.9. The van der Waals surface area contributed by atoms with E-state index in [9.17, 15) is 5.26 Å². The van der Waals surface area contributed by atoms with Gasteiger partial charge in [-0.1, -0.05) is 41.9 Å². The average Bonchev–Trinajstić information content (AvgIpc) is 3.61. The molecular formula is C36H36ClN7O4. The van der Waals surface area contributed by atoms with Gasteiger partial charge in [0, 0.05) is 48.9 Å². The van der Waals surface area contributed by atoms with Gasteiger partial charge in [0.1, 0.15) is 11.6 Å². The van der Waals surface area contributed by atoms with Crippen LogP contribution in [0.5, 0.6) is 11.5 Å². The molecule has 11 nitrogen and oxygen atoms in total. The van der Waals surface area contributed by atoms with Crippen LogP contribution in [0.25, 0.3) is 11.3 Å². The van der Waals surface area contributed by atoms with Crippen molar-refractivity contribution >= 4 is 34.8 Å². The molecule has 2 saturated heterocycles. The van der Waals surface area contributed by atoms with E-state index >= 15 is 0 Å². The Morgan fingerprint density at radius 2 is 1.44 bits per heavy atom. The molecule has 0 aliphatic carbocycles. The van der Waals surface area contributed by atoms with Gasteiger partial charge in [0.25, 0.3) is 0 Å². The van der Waals surface area contributed by atoms with Crippen molar-refractivity contribution in [2.75, 3.05) is 81.6 Å². The first-order chi connectivity index (χ1) is 23.6. The highest BCUT2D eigenvalue weighted by Crippen LogP contribution is 2.41. The number of anilines is 3. The van der Waals surface area contributed by atoms with Crippen molar-refractivity contribution in [2.45, 2.75) is 12.5 Å². The number of morpholine rings is 2. The summed E-state index contributed by atoms with van der Waals surface area (Å²) in [5.41, 5.74) is 5.71. The Labute approximate surface area is 284 Å². The van der Waals surface area contributed by atoms with Crippen molar-refractivity contribution in [1.82, 2.24) is 9.97 Å². The Bertz CT molecular complexity index is 1830. The third kappa shape index (κ3) is 6.34. The number of nitrogens with zero attached hydrogens (tertiary/aromatic N) is 7. The molecule has 4 heterocycles. The molecule has 246 valence electrons. The fraction of sp³-hybridized carbons (Fsp3) is 0.333. The molecule has 48 heavy (non-hydrogen) atoms. The second-order valence-electron chi connectivity index (χ2n) is 11.7. The summed E-state index contributed by atoms with van der Waals surface area (Å²) in [4.78, 5) is 14.5. The number of benzene rings is 3. The summed E-state index contributed by atoms with van der Waals surface area (Å²) in [5.74, 6) is 2.20. The molecule has 1 aromatic heterocycles. The largest absolute Gasteiger partial charge is 0.493 e. The quantitative estimate of drug-likeness (QED) is 0.232. The van der Waals surface area contributed by atoms with Crippen LogP contribution >= 0.6 is 11.6 Å². The lowest BCUT2D eigenvalue weighted by atomic mass is 9.98. The Kier molecular flexibility index (Phi) is 9.29. The molecule has 3 aromatic carbocycles. The van der Waals surface area contributed by atoms with E-state index in [4.69, 9.17) is 45.6 Å². The first-order valence-corrected chi connectivity index (χ1v) is 16.4. The lowest BCUT2D eigenvalue weighted by Gasteiger charge is -2.30. The van der Waals surface area contributed by atoms with Gasteiger partial charge in [-0.25, -0.2) is 9.99 Å². The maximum Gasteiger partial charge on any atom is 0.249 e. The van der Waals surface area contributed by atoms with Crippen LogP contribution in [0.1, 0.15) is 29.2 Å². The highest BCUT2D eigenvalue weighted by Gasteiger charge is 2.34. The minimum absolute atomic E-state index is 0.262. The Hall–Kier alpha value is -4.89. The molecule has 0 radical (unpaired) electrons. The van der Waals surface area contributed by atoms with Gasteiger partial charge in [-0.05, 0) is 47.5 Å². The first kappa shape index (κ1) is 31.7. The van der Waals surface area contributed by atoms with E-state index in [2.05, 4.69) is 40.1 Å². The molecule has 1 unspecified atom stereocenters. The van der Waals surface area contributed by atoms with E-state index in [1.165, 1.54) is 0 Å². The number of ether oxygens (including phenoxy) is 4. The predicted molar refractivity (Wildman–Crippen MR) is 186 cm³/mol. The van der Waals surface area contributed by atoms with E-state index in [-0.39, 0.29) is 6.04 Å². The molecule has 0 saturated carbocycles. The Balaban J connectivity index is 1.35. The predicted octanol–water partition coefficient (Wildman–Crippen LogP) is 5.71. The molecule has 3 aliphatic rings. The lowest BCUT2D eigenvalue weighted by molar-refractivity contribution is 0.122. The van der Waals surface area contributed by atoms with E-state index in [1.54, 1.807) is 26.4 Å². The lowest BCUT2D eigenvalue weighted by Crippen LogP contribution is -2.37. The van der Waals surface area contributed by atoms with Crippen LogP contribution in [0.2, 0.25) is 5.02 Å². The van der Waals surface area contributed by atoms with Crippen molar-refractivity contribution in [1.29, 1.82) is 5.26 Å². The smallest absolute Gasteiger partial charge is 0.249 e. The number of rotatable bonds is 8. The number of nitriles is 1. The third-order valence-corrected chi connectivity index (χ3v) is 9.15. The minimum Gasteiger partial charge on any atom is -0.493 e. The monoisotopic (exact) mass is 665 g/mol. The second kappa shape index (κ2) is 14.1. The van der Waals surface area contributed by atoms with Gasteiger partial charge in [0.2, 0.25) is 5.95 Å². The standard InChI is InChI=1S/C36H36ClN7O4/c1-45-32-12-7-26(21-33(32)46-2)31-22-30(24-5-10-28(11-6-24)42-13-17-47-18-14-42)41-44(31)36-39-34(25-3-8-27(37)9-4-25)29(23-38)35(40-36)43-15-19-48-20-16-43/h3-12,21,31H,13-20,22H2,1-2H3. The maximum absolute atomic E-state index is 10.5. The van der Waals surface area contributed by atoms with Crippen molar-refractivity contribution in [3.63, 3.8) is 0 Å². The number of halogens is 1. The van der Waals surface area contributed by atoms with Crippen LogP contribution in [0.15, 0.2) is 71.8 Å². The van der Waals surface area contributed by atoms with Gasteiger partial charge in [-0.3, -0.25) is 0 Å². The van der Waals surface area contributed by atoms with Crippen molar-refractivity contribution < 1.29 is 18.9 Å². The SMILES string of the molecule is COc1ccc(C2CC(c3ccc(N4CCOCC4)cc3)=NN2c2nc(-c3ccc(Cl)cc3)c(C#N)c(N3CCOCC3)n2)cc1OC. The fourth-order valence-electron chi connectivity index (χ4n) is 6.34. The van der Waals surface area contributed by atoms with Gasteiger partial charge in [-0.2, -0.15) is 15.3 Å². The van der Waals surface area contributed by atoms with Gasteiger partial charge in [0.05, 0.1) is 58.1 Å². The van der Waals surface area contributed by atoms with Gasteiger partial charge >= 0.3 is 0 Å². The molecule has 0 amide bonds. The molecule has 4 aromatic rings. The van der Waals surface area contributed by atoms with Crippen LogP contribution in [0.3, 0.4) is 0 Å². The van der Waals surface area contributed by atoms with Crippen molar-refractivity contribution in [3.8, 4) is 28.8 Å². The highest BCUT2D eigenvalue weighted by atomic mass is 35.5. The normalized spacial score (nSPS) is 18.0. The average molecular weight is 666 g/mol. The van der Waals surface area contributed by atoms with E-state index < -0.39 is 0 Å². The summed E-state index contributed by atoms with van der Waals surface area (Å²) in [6.07, 6.45) is 0.596. The first-order valence-electron chi connectivity index (χ1n) is 16.0.